The molecule has 27 heavy (non-hydrogen) atoms. The number of carbonyl (C=O) groups excluding carboxylic acids is 1. The summed E-state index contributed by atoms with van der Waals surface area (Å²) in [6.07, 6.45) is 0.776. The largest absolute Gasteiger partial charge is 0.396 e. The van der Waals surface area contributed by atoms with Crippen molar-refractivity contribution in [2.75, 3.05) is 20.2 Å². The molecule has 0 spiro atoms. The van der Waals surface area contributed by atoms with Crippen molar-refractivity contribution in [3.05, 3.63) is 70.1 Å². The van der Waals surface area contributed by atoms with Gasteiger partial charge in [0.25, 0.3) is 5.56 Å². The van der Waals surface area contributed by atoms with Crippen molar-refractivity contribution >= 4 is 5.91 Å². The predicted molar refractivity (Wildman–Crippen MR) is 102 cm³/mol. The first kappa shape index (κ1) is 17.9. The number of aromatic nitrogens is 1. The number of aliphatic hydroxyl groups is 1. The fraction of sp³-hybridized carbons (Fsp3) is 0.429. The third-order valence-corrected chi connectivity index (χ3v) is 6.05. The number of pyridine rings is 1. The van der Waals surface area contributed by atoms with Gasteiger partial charge in [-0.15, -0.1) is 0 Å². The number of carbonyl (C=O) groups is 1. The number of likely N-dealkylation sites (N-methyl/N-ethyl adjacent to an activating group) is 1. The highest BCUT2D eigenvalue weighted by atomic mass is 16.3. The summed E-state index contributed by atoms with van der Waals surface area (Å²) in [7, 11) is 1.92. The number of likely N-dealkylation sites (tertiary alicyclic amines) is 1. The Bertz CT molecular complexity index is 880. The summed E-state index contributed by atoms with van der Waals surface area (Å²) in [5.41, 5.74) is 2.10. The number of benzene rings is 1. The molecule has 0 bridgehead atoms. The minimum Gasteiger partial charge on any atom is -0.396 e. The van der Waals surface area contributed by atoms with E-state index in [4.69, 9.17) is 0 Å². The van der Waals surface area contributed by atoms with Crippen molar-refractivity contribution in [2.45, 2.75) is 25.0 Å². The number of nitrogens with zero attached hydrogens (tertiary/aromatic N) is 2. The molecule has 0 aliphatic carbocycles. The molecule has 2 aliphatic rings. The zero-order valence-electron chi connectivity index (χ0n) is 15.4. The monoisotopic (exact) mass is 367 g/mol. The van der Waals surface area contributed by atoms with Crippen LogP contribution >= 0.6 is 0 Å². The van der Waals surface area contributed by atoms with Gasteiger partial charge in [-0.2, -0.15) is 0 Å². The summed E-state index contributed by atoms with van der Waals surface area (Å²) >= 11 is 0. The van der Waals surface area contributed by atoms with Crippen molar-refractivity contribution in [1.82, 2.24) is 14.8 Å². The molecule has 0 radical (unpaired) electrons. The van der Waals surface area contributed by atoms with Gasteiger partial charge in [0.15, 0.2) is 0 Å². The van der Waals surface area contributed by atoms with Crippen LogP contribution in [0.25, 0.3) is 0 Å². The number of fused-ring (bicyclic) bond motifs is 3. The van der Waals surface area contributed by atoms with Crippen LogP contribution in [0, 0.1) is 11.8 Å². The Hall–Kier alpha value is -2.44. The number of amides is 1. The first-order chi connectivity index (χ1) is 13.1. The van der Waals surface area contributed by atoms with E-state index in [-0.39, 0.29) is 42.0 Å². The van der Waals surface area contributed by atoms with E-state index < -0.39 is 0 Å². The lowest BCUT2D eigenvalue weighted by molar-refractivity contribution is -0.127. The molecule has 6 nitrogen and oxygen atoms in total. The average Bonchev–Trinajstić information content (AvgIpc) is 3.19. The number of nitrogens with one attached hydrogen (secondary N) is 1. The second-order valence-electron chi connectivity index (χ2n) is 7.49. The van der Waals surface area contributed by atoms with Crippen LogP contribution in [0.1, 0.15) is 17.3 Å². The van der Waals surface area contributed by atoms with Gasteiger partial charge in [-0.05, 0) is 25.1 Å². The summed E-state index contributed by atoms with van der Waals surface area (Å²) in [6.45, 7) is 1.06. The van der Waals surface area contributed by atoms with Crippen LogP contribution in [0.4, 0.5) is 0 Å². The van der Waals surface area contributed by atoms with Gasteiger partial charge in [-0.3, -0.25) is 14.5 Å². The third-order valence-electron chi connectivity index (χ3n) is 6.05. The number of aliphatic hydroxyl groups excluding tert-OH is 1. The second-order valence-corrected chi connectivity index (χ2v) is 7.49. The highest BCUT2D eigenvalue weighted by molar-refractivity contribution is 5.82. The standard InChI is InChI=1S/C21H25N3O3/c1-23-19-15(12-24-17(19)8-5-9-18(24)26)16(13-25)20(23)21(27)22-11-10-14-6-3-2-4-7-14/h2-9,15-16,19-20,25H,10-13H2,1H3,(H,22,27)/t15-,16-,19+,20-/m1/s1. The molecule has 1 aromatic carbocycles. The summed E-state index contributed by atoms with van der Waals surface area (Å²) in [5, 5.41) is 13.0. The molecule has 0 unspecified atom stereocenters. The van der Waals surface area contributed by atoms with Crippen molar-refractivity contribution < 1.29 is 9.90 Å². The Balaban J connectivity index is 1.48. The highest BCUT2D eigenvalue weighted by Crippen LogP contribution is 2.47. The van der Waals surface area contributed by atoms with E-state index in [0.717, 1.165) is 12.1 Å². The minimum atomic E-state index is -0.384. The van der Waals surface area contributed by atoms with Gasteiger partial charge < -0.3 is 15.0 Å². The van der Waals surface area contributed by atoms with Gasteiger partial charge in [0.1, 0.15) is 0 Å². The molecule has 2 N–H and O–H groups in total. The molecule has 1 amide bonds. The molecule has 1 saturated heterocycles. The molecular weight excluding hydrogens is 342 g/mol. The Labute approximate surface area is 158 Å². The zero-order valence-corrected chi connectivity index (χ0v) is 15.4. The smallest absolute Gasteiger partial charge is 0.250 e. The maximum absolute atomic E-state index is 12.9. The normalized spacial score (nSPS) is 26.6. The van der Waals surface area contributed by atoms with Crippen LogP contribution in [0.5, 0.6) is 0 Å². The molecule has 1 aromatic heterocycles. The van der Waals surface area contributed by atoms with E-state index >= 15 is 0 Å². The topological polar surface area (TPSA) is 74.6 Å². The van der Waals surface area contributed by atoms with Gasteiger partial charge in [-0.25, -0.2) is 0 Å². The Morgan fingerprint density at radius 1 is 1.19 bits per heavy atom. The molecule has 4 atom stereocenters. The van der Waals surface area contributed by atoms with Crippen molar-refractivity contribution in [3.63, 3.8) is 0 Å². The number of hydrogen-bond acceptors (Lipinski definition) is 4. The summed E-state index contributed by atoms with van der Waals surface area (Å²) in [5.74, 6) is -0.164. The Morgan fingerprint density at radius 3 is 2.70 bits per heavy atom. The van der Waals surface area contributed by atoms with Crippen LogP contribution < -0.4 is 10.9 Å². The average molecular weight is 367 g/mol. The lowest BCUT2D eigenvalue weighted by atomic mass is 9.88. The van der Waals surface area contributed by atoms with Crippen LogP contribution in [0.15, 0.2) is 53.3 Å². The van der Waals surface area contributed by atoms with Crippen LogP contribution in [0.2, 0.25) is 0 Å². The van der Waals surface area contributed by atoms with Gasteiger partial charge in [-0.1, -0.05) is 36.4 Å². The maximum atomic E-state index is 12.9. The third kappa shape index (κ3) is 3.09. The molecule has 1 fully saturated rings. The first-order valence-corrected chi connectivity index (χ1v) is 9.46. The molecule has 0 saturated carbocycles. The predicted octanol–water partition coefficient (Wildman–Crippen LogP) is 0.801. The number of hydrogen-bond donors (Lipinski definition) is 2. The maximum Gasteiger partial charge on any atom is 0.250 e. The van der Waals surface area contributed by atoms with Gasteiger partial charge in [0.05, 0.1) is 12.1 Å². The van der Waals surface area contributed by atoms with Crippen molar-refractivity contribution in [2.24, 2.45) is 11.8 Å². The fourth-order valence-corrected chi connectivity index (χ4v) is 4.80. The van der Waals surface area contributed by atoms with Crippen LogP contribution in [0.3, 0.4) is 0 Å². The molecule has 142 valence electrons. The van der Waals surface area contributed by atoms with Gasteiger partial charge in [0, 0.05) is 43.3 Å². The molecule has 4 rings (SSSR count). The molecular formula is C21H25N3O3. The summed E-state index contributed by atoms with van der Waals surface area (Å²) < 4.78 is 1.78. The summed E-state index contributed by atoms with van der Waals surface area (Å²) in [6, 6.07) is 14.9. The van der Waals surface area contributed by atoms with Crippen LogP contribution in [-0.4, -0.2) is 46.7 Å². The lowest BCUT2D eigenvalue weighted by Gasteiger charge is -2.27. The Kier molecular flexibility index (Phi) is 4.85. The van der Waals surface area contributed by atoms with Crippen molar-refractivity contribution in [1.29, 1.82) is 0 Å². The van der Waals surface area contributed by atoms with Gasteiger partial charge >= 0.3 is 0 Å². The first-order valence-electron chi connectivity index (χ1n) is 9.46. The highest BCUT2D eigenvalue weighted by Gasteiger charge is 2.53. The van der Waals surface area contributed by atoms with Crippen LogP contribution in [-0.2, 0) is 17.8 Å². The van der Waals surface area contributed by atoms with E-state index in [0.29, 0.717) is 13.1 Å². The van der Waals surface area contributed by atoms with E-state index in [1.54, 1.807) is 16.7 Å². The van der Waals surface area contributed by atoms with Gasteiger partial charge in [0.2, 0.25) is 5.91 Å². The van der Waals surface area contributed by atoms with E-state index in [1.807, 2.05) is 48.3 Å². The fourth-order valence-electron chi connectivity index (χ4n) is 4.80. The van der Waals surface area contributed by atoms with E-state index in [2.05, 4.69) is 5.32 Å². The van der Waals surface area contributed by atoms with Crippen molar-refractivity contribution in [3.8, 4) is 0 Å². The quantitative estimate of drug-likeness (QED) is 0.820. The summed E-state index contributed by atoms with van der Waals surface area (Å²) in [4.78, 5) is 27.1. The zero-order chi connectivity index (χ0) is 19.0. The molecule has 6 heteroatoms. The van der Waals surface area contributed by atoms with E-state index in [1.165, 1.54) is 5.56 Å². The molecule has 2 aromatic rings. The Morgan fingerprint density at radius 2 is 1.96 bits per heavy atom. The molecule has 3 heterocycles. The molecule has 2 aliphatic heterocycles. The van der Waals surface area contributed by atoms with E-state index in [9.17, 15) is 14.7 Å². The second kappa shape index (κ2) is 7.29. The number of rotatable bonds is 5. The SMILES string of the molecule is CN1[C@@H]2c3cccc(=O)n3C[C@@H]2[C@@H](CO)[C@@H]1C(=O)NCCc1ccccc1. The lowest BCUT2D eigenvalue weighted by Crippen LogP contribution is -2.47. The minimum absolute atomic E-state index is 0.0130.